The van der Waals surface area contributed by atoms with Crippen molar-refractivity contribution < 1.29 is 0 Å². The molecule has 0 bridgehead atoms. The zero-order chi connectivity index (χ0) is 10.8. The van der Waals surface area contributed by atoms with Crippen LogP contribution in [0.1, 0.15) is 41.6 Å². The lowest BCUT2D eigenvalue weighted by atomic mass is 10.1. The van der Waals surface area contributed by atoms with E-state index >= 15 is 0 Å². The van der Waals surface area contributed by atoms with E-state index in [1.54, 1.807) is 4.88 Å². The van der Waals surface area contributed by atoms with E-state index in [1.807, 2.05) is 11.3 Å². The Morgan fingerprint density at radius 3 is 2.93 bits per heavy atom. The summed E-state index contributed by atoms with van der Waals surface area (Å²) in [7, 11) is 0. The molecular weight excluding hydrogens is 204 g/mol. The average molecular weight is 222 g/mol. The van der Waals surface area contributed by atoms with Gasteiger partial charge in [0.1, 0.15) is 0 Å². The Labute approximate surface area is 95.2 Å². The second-order valence-electron chi connectivity index (χ2n) is 4.34. The molecule has 2 rings (SSSR count). The third-order valence-corrected chi connectivity index (χ3v) is 4.07. The summed E-state index contributed by atoms with van der Waals surface area (Å²) in [4.78, 5) is 2.91. The molecule has 0 spiro atoms. The van der Waals surface area contributed by atoms with Crippen molar-refractivity contribution in [2.24, 2.45) is 5.84 Å². The Bertz CT molecular complexity index is 353. The minimum atomic E-state index is 0.186. The summed E-state index contributed by atoms with van der Waals surface area (Å²) in [5, 5.41) is 0. The van der Waals surface area contributed by atoms with E-state index < -0.39 is 0 Å². The average Bonchev–Trinajstić information content (AvgIpc) is 2.72. The highest BCUT2D eigenvalue weighted by Crippen LogP contribution is 2.34. The molecule has 15 heavy (non-hydrogen) atoms. The molecule has 1 unspecified atom stereocenters. The zero-order valence-electron chi connectivity index (χ0n) is 9.34. The fourth-order valence-electron chi connectivity index (χ4n) is 2.05. The minimum absolute atomic E-state index is 0.186. The maximum absolute atomic E-state index is 5.58. The van der Waals surface area contributed by atoms with Crippen molar-refractivity contribution in [1.29, 1.82) is 0 Å². The third kappa shape index (κ3) is 2.30. The molecule has 0 radical (unpaired) electrons. The first kappa shape index (κ1) is 10.9. The number of nitrogens with two attached hydrogens (primary N) is 1. The second-order valence-corrected chi connectivity index (χ2v) is 5.51. The maximum atomic E-state index is 5.58. The summed E-state index contributed by atoms with van der Waals surface area (Å²) in [5.41, 5.74) is 5.71. The van der Waals surface area contributed by atoms with Crippen molar-refractivity contribution in [3.8, 4) is 0 Å². The van der Waals surface area contributed by atoms with Crippen molar-refractivity contribution in [2.75, 3.05) is 0 Å². The predicted octanol–water partition coefficient (Wildman–Crippen LogP) is 2.71. The topological polar surface area (TPSA) is 38.0 Å². The van der Waals surface area contributed by atoms with Crippen LogP contribution in [0.25, 0.3) is 0 Å². The molecule has 1 aliphatic carbocycles. The largest absolute Gasteiger partial charge is 0.271 e. The molecule has 1 aromatic rings. The molecule has 1 atom stereocenters. The summed E-state index contributed by atoms with van der Waals surface area (Å²) < 4.78 is 0. The van der Waals surface area contributed by atoms with Gasteiger partial charge in [0.25, 0.3) is 0 Å². The summed E-state index contributed by atoms with van der Waals surface area (Å²) >= 11 is 1.91. The van der Waals surface area contributed by atoms with E-state index in [-0.39, 0.29) is 6.04 Å². The van der Waals surface area contributed by atoms with Gasteiger partial charge in [-0.1, -0.05) is 11.6 Å². The number of nitrogens with one attached hydrogen (secondary N) is 1. The van der Waals surface area contributed by atoms with Gasteiger partial charge in [-0.2, -0.15) is 0 Å². The van der Waals surface area contributed by atoms with Gasteiger partial charge in [-0.3, -0.25) is 5.84 Å². The Morgan fingerprint density at radius 2 is 2.33 bits per heavy atom. The third-order valence-electron chi connectivity index (χ3n) is 2.75. The molecule has 3 N–H and O–H groups in total. The summed E-state index contributed by atoms with van der Waals surface area (Å²) in [6.07, 6.45) is 6.01. The van der Waals surface area contributed by atoms with Crippen LogP contribution >= 0.6 is 11.3 Å². The Balaban J connectivity index is 2.24. The van der Waals surface area contributed by atoms with E-state index in [9.17, 15) is 0 Å². The van der Waals surface area contributed by atoms with Crippen molar-refractivity contribution >= 4 is 11.3 Å². The van der Waals surface area contributed by atoms with Gasteiger partial charge in [-0.25, -0.2) is 5.43 Å². The van der Waals surface area contributed by atoms with Crippen molar-refractivity contribution in [2.45, 2.75) is 39.2 Å². The number of allylic oxidation sites excluding steroid dienone is 1. The van der Waals surface area contributed by atoms with Crippen LogP contribution in [-0.4, -0.2) is 0 Å². The van der Waals surface area contributed by atoms with E-state index in [0.29, 0.717) is 0 Å². The van der Waals surface area contributed by atoms with Crippen LogP contribution in [0, 0.1) is 0 Å². The van der Waals surface area contributed by atoms with Crippen LogP contribution in [0.15, 0.2) is 17.7 Å². The number of fused-ring (bicyclic) bond motifs is 1. The molecule has 3 heteroatoms. The zero-order valence-corrected chi connectivity index (χ0v) is 10.2. The van der Waals surface area contributed by atoms with E-state index in [2.05, 4.69) is 31.4 Å². The lowest BCUT2D eigenvalue weighted by molar-refractivity contribution is 0.661. The van der Waals surface area contributed by atoms with Crippen LogP contribution < -0.4 is 11.3 Å². The normalized spacial score (nSPS) is 16.2. The van der Waals surface area contributed by atoms with Gasteiger partial charge < -0.3 is 0 Å². The van der Waals surface area contributed by atoms with Gasteiger partial charge in [-0.15, -0.1) is 11.3 Å². The Kier molecular flexibility index (Phi) is 3.24. The van der Waals surface area contributed by atoms with Crippen LogP contribution in [0.3, 0.4) is 0 Å². The van der Waals surface area contributed by atoms with E-state index in [0.717, 1.165) is 0 Å². The fraction of sp³-hybridized carbons (Fsp3) is 0.500. The first-order valence-corrected chi connectivity index (χ1v) is 6.25. The lowest BCUT2D eigenvalue weighted by Crippen LogP contribution is -2.26. The maximum Gasteiger partial charge on any atom is 0.0736 e. The number of hydrazine groups is 1. The van der Waals surface area contributed by atoms with Crippen LogP contribution in [0.5, 0.6) is 0 Å². The smallest absolute Gasteiger partial charge is 0.0736 e. The molecule has 0 aromatic carbocycles. The minimum Gasteiger partial charge on any atom is -0.271 e. The summed E-state index contributed by atoms with van der Waals surface area (Å²) in [5.74, 6) is 5.58. The van der Waals surface area contributed by atoms with Crippen molar-refractivity contribution in [3.05, 3.63) is 33.0 Å². The number of aryl methyl sites for hydroxylation is 2. The molecule has 0 fully saturated rings. The monoisotopic (exact) mass is 222 g/mol. The first-order valence-electron chi connectivity index (χ1n) is 5.43. The molecule has 82 valence electrons. The molecular formula is C12H18N2S. The number of hydrogen-bond donors (Lipinski definition) is 2. The van der Waals surface area contributed by atoms with Gasteiger partial charge in [0.15, 0.2) is 0 Å². The number of rotatable bonds is 3. The molecule has 1 aliphatic rings. The summed E-state index contributed by atoms with van der Waals surface area (Å²) in [6.45, 7) is 4.21. The van der Waals surface area contributed by atoms with Gasteiger partial charge in [-0.05, 0) is 44.7 Å². The quantitative estimate of drug-likeness (QED) is 0.469. The van der Waals surface area contributed by atoms with E-state index in [4.69, 9.17) is 5.84 Å². The lowest BCUT2D eigenvalue weighted by Gasteiger charge is -2.09. The fourth-order valence-corrected chi connectivity index (χ4v) is 3.34. The van der Waals surface area contributed by atoms with E-state index in [1.165, 1.54) is 35.3 Å². The Morgan fingerprint density at radius 1 is 1.53 bits per heavy atom. The van der Waals surface area contributed by atoms with Crippen LogP contribution in [0.4, 0.5) is 0 Å². The van der Waals surface area contributed by atoms with Gasteiger partial charge in [0.2, 0.25) is 0 Å². The highest BCUT2D eigenvalue weighted by atomic mass is 32.1. The molecule has 2 nitrogen and oxygen atoms in total. The molecule has 1 heterocycles. The molecule has 0 aliphatic heterocycles. The molecule has 0 amide bonds. The molecule has 0 saturated carbocycles. The van der Waals surface area contributed by atoms with Crippen molar-refractivity contribution in [1.82, 2.24) is 5.43 Å². The SMILES string of the molecule is CC(C)=CC(NN)c1cc2c(s1)CCC2. The second kappa shape index (κ2) is 4.47. The van der Waals surface area contributed by atoms with Crippen LogP contribution in [-0.2, 0) is 12.8 Å². The van der Waals surface area contributed by atoms with Crippen LogP contribution in [0.2, 0.25) is 0 Å². The van der Waals surface area contributed by atoms with Gasteiger partial charge >= 0.3 is 0 Å². The number of hydrogen-bond acceptors (Lipinski definition) is 3. The highest BCUT2D eigenvalue weighted by molar-refractivity contribution is 7.12. The molecule has 0 saturated heterocycles. The standard InChI is InChI=1S/C12H18N2S/c1-8(2)6-10(14-13)12-7-9-4-3-5-11(9)15-12/h6-7,10,14H,3-5,13H2,1-2H3. The van der Waals surface area contributed by atoms with Gasteiger partial charge in [0.05, 0.1) is 6.04 Å². The molecule has 1 aromatic heterocycles. The number of thiophene rings is 1. The van der Waals surface area contributed by atoms with Crippen molar-refractivity contribution in [3.63, 3.8) is 0 Å². The highest BCUT2D eigenvalue weighted by Gasteiger charge is 2.18. The summed E-state index contributed by atoms with van der Waals surface area (Å²) in [6, 6.07) is 2.50. The predicted molar refractivity (Wildman–Crippen MR) is 65.8 cm³/mol. The van der Waals surface area contributed by atoms with Gasteiger partial charge in [0, 0.05) is 9.75 Å². The Hall–Kier alpha value is -0.640. The first-order chi connectivity index (χ1) is 7.20.